The fourth-order valence-electron chi connectivity index (χ4n) is 2.23. The quantitative estimate of drug-likeness (QED) is 0.740. The van der Waals surface area contributed by atoms with Crippen molar-refractivity contribution >= 4 is 22.9 Å². The molecule has 3 rings (SSSR count). The molecule has 1 atom stereocenters. The summed E-state index contributed by atoms with van der Waals surface area (Å²) in [6.07, 6.45) is 1.83. The molecule has 0 aliphatic heterocycles. The molecule has 1 N–H and O–H groups in total. The van der Waals surface area contributed by atoms with Gasteiger partial charge >= 0.3 is 0 Å². The summed E-state index contributed by atoms with van der Waals surface area (Å²) in [6, 6.07) is 20.4. The fraction of sp³-hybridized carbons (Fsp3) is 0.118. The van der Waals surface area contributed by atoms with Gasteiger partial charge in [-0.2, -0.15) is 0 Å². The summed E-state index contributed by atoms with van der Waals surface area (Å²) in [5.74, 6) is 0. The molecule has 1 aromatic carbocycles. The molecule has 0 spiro atoms. The summed E-state index contributed by atoms with van der Waals surface area (Å²) in [6.45, 7) is 0.771. The summed E-state index contributed by atoms with van der Waals surface area (Å²) in [7, 11) is 0. The van der Waals surface area contributed by atoms with Gasteiger partial charge in [-0.25, -0.2) is 0 Å². The van der Waals surface area contributed by atoms with Gasteiger partial charge in [0.2, 0.25) is 0 Å². The van der Waals surface area contributed by atoms with Crippen LogP contribution in [0, 0.1) is 0 Å². The highest BCUT2D eigenvalue weighted by atomic mass is 35.5. The Morgan fingerprint density at radius 1 is 1.00 bits per heavy atom. The maximum atomic E-state index is 5.99. The molecule has 4 heteroatoms. The van der Waals surface area contributed by atoms with Gasteiger partial charge in [0.1, 0.15) is 0 Å². The lowest BCUT2D eigenvalue weighted by Crippen LogP contribution is -2.22. The van der Waals surface area contributed by atoms with Crippen molar-refractivity contribution < 1.29 is 0 Å². The Morgan fingerprint density at radius 2 is 1.81 bits per heavy atom. The van der Waals surface area contributed by atoms with Crippen LogP contribution in [-0.2, 0) is 6.54 Å². The smallest absolute Gasteiger partial charge is 0.0931 e. The van der Waals surface area contributed by atoms with Crippen LogP contribution in [0.1, 0.15) is 22.2 Å². The summed E-state index contributed by atoms with van der Waals surface area (Å²) in [4.78, 5) is 5.71. The standard InChI is InChI=1S/C17H15ClN2S/c18-16-10-9-14(21-16)12-20-17(13-6-2-1-3-7-13)15-8-4-5-11-19-15/h1-11,17,20H,12H2. The third-order valence-electron chi connectivity index (χ3n) is 3.23. The number of hydrogen-bond acceptors (Lipinski definition) is 3. The lowest BCUT2D eigenvalue weighted by Gasteiger charge is -2.18. The van der Waals surface area contributed by atoms with E-state index in [1.54, 1.807) is 11.3 Å². The molecule has 0 amide bonds. The van der Waals surface area contributed by atoms with Crippen LogP contribution in [0.2, 0.25) is 4.34 Å². The molecule has 1 unspecified atom stereocenters. The van der Waals surface area contributed by atoms with E-state index in [2.05, 4.69) is 40.6 Å². The van der Waals surface area contributed by atoms with E-state index in [0.717, 1.165) is 16.6 Å². The van der Waals surface area contributed by atoms with Crippen LogP contribution in [0.5, 0.6) is 0 Å². The van der Waals surface area contributed by atoms with Crippen molar-refractivity contribution in [2.45, 2.75) is 12.6 Å². The monoisotopic (exact) mass is 314 g/mol. The van der Waals surface area contributed by atoms with Gasteiger partial charge in [-0.3, -0.25) is 4.98 Å². The summed E-state index contributed by atoms with van der Waals surface area (Å²) in [5, 5.41) is 3.57. The van der Waals surface area contributed by atoms with E-state index in [1.165, 1.54) is 10.4 Å². The Hall–Kier alpha value is -1.68. The highest BCUT2D eigenvalue weighted by Gasteiger charge is 2.14. The lowest BCUT2D eigenvalue weighted by atomic mass is 10.0. The summed E-state index contributed by atoms with van der Waals surface area (Å²) < 4.78 is 0.820. The van der Waals surface area contributed by atoms with Gasteiger partial charge in [-0.15, -0.1) is 11.3 Å². The predicted molar refractivity (Wildman–Crippen MR) is 88.7 cm³/mol. The predicted octanol–water partition coefficient (Wildman–Crippen LogP) is 4.68. The molecule has 2 heterocycles. The van der Waals surface area contributed by atoms with Crippen LogP contribution in [-0.4, -0.2) is 4.98 Å². The minimum atomic E-state index is 0.0771. The Labute approximate surface area is 133 Å². The third kappa shape index (κ3) is 3.70. The second-order valence-corrected chi connectivity index (χ2v) is 6.48. The Kier molecular flexibility index (Phi) is 4.65. The first-order chi connectivity index (χ1) is 10.3. The zero-order valence-corrected chi connectivity index (χ0v) is 12.9. The number of hydrogen-bond donors (Lipinski definition) is 1. The molecule has 21 heavy (non-hydrogen) atoms. The number of thiophene rings is 1. The molecular weight excluding hydrogens is 300 g/mol. The lowest BCUT2D eigenvalue weighted by molar-refractivity contribution is 0.596. The number of nitrogens with zero attached hydrogens (tertiary/aromatic N) is 1. The average Bonchev–Trinajstić information content (AvgIpc) is 2.95. The molecule has 0 fully saturated rings. The first-order valence-corrected chi connectivity index (χ1v) is 7.96. The van der Waals surface area contributed by atoms with Crippen LogP contribution >= 0.6 is 22.9 Å². The van der Waals surface area contributed by atoms with Gasteiger partial charge in [-0.1, -0.05) is 48.0 Å². The minimum Gasteiger partial charge on any atom is -0.300 e. The second-order valence-electron chi connectivity index (χ2n) is 4.69. The van der Waals surface area contributed by atoms with E-state index in [-0.39, 0.29) is 6.04 Å². The van der Waals surface area contributed by atoms with Crippen molar-refractivity contribution in [3.63, 3.8) is 0 Å². The number of benzene rings is 1. The van der Waals surface area contributed by atoms with Gasteiger partial charge in [0.15, 0.2) is 0 Å². The molecule has 2 aromatic heterocycles. The highest BCUT2D eigenvalue weighted by Crippen LogP contribution is 2.24. The average molecular weight is 315 g/mol. The Balaban J connectivity index is 1.83. The molecular formula is C17H15ClN2S. The molecule has 0 aliphatic carbocycles. The van der Waals surface area contributed by atoms with Gasteiger partial charge in [0.05, 0.1) is 16.1 Å². The van der Waals surface area contributed by atoms with E-state index in [1.807, 2.05) is 36.5 Å². The number of pyridine rings is 1. The molecule has 3 aromatic rings. The highest BCUT2D eigenvalue weighted by molar-refractivity contribution is 7.16. The van der Waals surface area contributed by atoms with Crippen LogP contribution in [0.25, 0.3) is 0 Å². The number of aromatic nitrogens is 1. The van der Waals surface area contributed by atoms with Crippen molar-refractivity contribution in [1.82, 2.24) is 10.3 Å². The van der Waals surface area contributed by atoms with Gasteiger partial charge in [-0.05, 0) is 29.8 Å². The van der Waals surface area contributed by atoms with Crippen molar-refractivity contribution in [2.24, 2.45) is 0 Å². The van der Waals surface area contributed by atoms with Crippen LogP contribution in [0.3, 0.4) is 0 Å². The maximum absolute atomic E-state index is 5.99. The third-order valence-corrected chi connectivity index (χ3v) is 4.46. The molecule has 2 nitrogen and oxygen atoms in total. The molecule has 0 saturated heterocycles. The zero-order chi connectivity index (χ0) is 14.5. The second kappa shape index (κ2) is 6.85. The van der Waals surface area contributed by atoms with Crippen molar-refractivity contribution in [2.75, 3.05) is 0 Å². The van der Waals surface area contributed by atoms with Gasteiger partial charge in [0.25, 0.3) is 0 Å². The molecule has 0 saturated carbocycles. The zero-order valence-electron chi connectivity index (χ0n) is 11.4. The normalized spacial score (nSPS) is 12.2. The summed E-state index contributed by atoms with van der Waals surface area (Å²) >= 11 is 7.59. The minimum absolute atomic E-state index is 0.0771. The summed E-state index contributed by atoms with van der Waals surface area (Å²) in [5.41, 5.74) is 2.23. The number of nitrogens with one attached hydrogen (secondary N) is 1. The molecule has 0 aliphatic rings. The van der Waals surface area contributed by atoms with Crippen LogP contribution < -0.4 is 5.32 Å². The van der Waals surface area contributed by atoms with E-state index < -0.39 is 0 Å². The Bertz CT molecular complexity index is 643. The van der Waals surface area contributed by atoms with E-state index in [9.17, 15) is 0 Å². The number of rotatable bonds is 5. The van der Waals surface area contributed by atoms with Crippen LogP contribution in [0.4, 0.5) is 0 Å². The molecule has 0 bridgehead atoms. The molecule has 106 valence electrons. The van der Waals surface area contributed by atoms with Crippen molar-refractivity contribution in [3.8, 4) is 0 Å². The van der Waals surface area contributed by atoms with Crippen molar-refractivity contribution in [1.29, 1.82) is 0 Å². The van der Waals surface area contributed by atoms with Gasteiger partial charge in [0, 0.05) is 17.6 Å². The van der Waals surface area contributed by atoms with Crippen LogP contribution in [0.15, 0.2) is 66.9 Å². The first-order valence-electron chi connectivity index (χ1n) is 6.76. The Morgan fingerprint density at radius 3 is 2.48 bits per heavy atom. The SMILES string of the molecule is Clc1ccc(CNC(c2ccccc2)c2ccccn2)s1. The van der Waals surface area contributed by atoms with E-state index in [4.69, 9.17) is 11.6 Å². The first kappa shape index (κ1) is 14.3. The molecule has 0 radical (unpaired) electrons. The maximum Gasteiger partial charge on any atom is 0.0931 e. The van der Waals surface area contributed by atoms with E-state index >= 15 is 0 Å². The fourth-order valence-corrected chi connectivity index (χ4v) is 3.27. The largest absolute Gasteiger partial charge is 0.300 e. The van der Waals surface area contributed by atoms with Crippen molar-refractivity contribution in [3.05, 3.63) is 87.3 Å². The number of halogens is 1. The van der Waals surface area contributed by atoms with E-state index in [0.29, 0.717) is 0 Å². The van der Waals surface area contributed by atoms with Gasteiger partial charge < -0.3 is 5.32 Å². The topological polar surface area (TPSA) is 24.9 Å².